The summed E-state index contributed by atoms with van der Waals surface area (Å²) in [5.41, 5.74) is 1.02. The Morgan fingerprint density at radius 3 is 2.27 bits per heavy atom. The first-order valence-electron chi connectivity index (χ1n) is 6.44. The second kappa shape index (κ2) is 7.80. The van der Waals surface area contributed by atoms with Gasteiger partial charge in [0.05, 0.1) is 19.4 Å². The number of anilines is 1. The zero-order valence-corrected chi connectivity index (χ0v) is 13.2. The molecule has 0 amide bonds. The van der Waals surface area contributed by atoms with E-state index in [-0.39, 0.29) is 19.7 Å². The van der Waals surface area contributed by atoms with Gasteiger partial charge in [0.1, 0.15) is 0 Å². The number of ether oxygens (including phenoxy) is 1. The number of hydrogen-bond donors (Lipinski definition) is 1. The molecule has 0 bridgehead atoms. The summed E-state index contributed by atoms with van der Waals surface area (Å²) in [5, 5.41) is 0. The minimum atomic E-state index is -4.29. The molecule has 0 aliphatic heterocycles. The van der Waals surface area contributed by atoms with Gasteiger partial charge in [-0.3, -0.25) is 9.62 Å². The van der Waals surface area contributed by atoms with Gasteiger partial charge in [0.25, 0.3) is 0 Å². The molecule has 22 heavy (non-hydrogen) atoms. The Kier molecular flexibility index (Phi) is 6.64. The summed E-state index contributed by atoms with van der Waals surface area (Å²) >= 11 is 0. The summed E-state index contributed by atoms with van der Waals surface area (Å²) in [7, 11) is -1.95. The number of alkyl halides is 3. The Bertz CT molecular complexity index is 559. The van der Waals surface area contributed by atoms with Crippen LogP contribution in [0.2, 0.25) is 0 Å². The molecule has 0 fully saturated rings. The zero-order chi connectivity index (χ0) is 16.8. The first-order chi connectivity index (χ1) is 10.1. The van der Waals surface area contributed by atoms with Crippen molar-refractivity contribution < 1.29 is 26.3 Å². The maximum Gasteiger partial charge on any atom is 0.401 e. The van der Waals surface area contributed by atoms with Crippen molar-refractivity contribution in [3.05, 3.63) is 29.8 Å². The highest BCUT2D eigenvalue weighted by Crippen LogP contribution is 2.19. The molecule has 9 heteroatoms. The summed E-state index contributed by atoms with van der Waals surface area (Å²) in [6.07, 6.45) is -3.26. The maximum absolute atomic E-state index is 12.5. The molecule has 5 nitrogen and oxygen atoms in total. The van der Waals surface area contributed by atoms with Crippen LogP contribution in [0.25, 0.3) is 0 Å². The van der Waals surface area contributed by atoms with Gasteiger partial charge in [0.15, 0.2) is 0 Å². The minimum absolute atomic E-state index is 0.0992. The second-order valence-corrected chi connectivity index (χ2v) is 6.64. The molecule has 0 aliphatic rings. The number of methoxy groups -OCH3 is 1. The predicted molar refractivity (Wildman–Crippen MR) is 78.1 cm³/mol. The van der Waals surface area contributed by atoms with Crippen LogP contribution >= 0.6 is 0 Å². The summed E-state index contributed by atoms with van der Waals surface area (Å²) in [6, 6.07) is 6.20. The van der Waals surface area contributed by atoms with E-state index in [9.17, 15) is 21.6 Å². The lowest BCUT2D eigenvalue weighted by Gasteiger charge is -2.23. The maximum atomic E-state index is 12.5. The van der Waals surface area contributed by atoms with Crippen LogP contribution in [0.15, 0.2) is 24.3 Å². The van der Waals surface area contributed by atoms with Gasteiger partial charge >= 0.3 is 6.18 Å². The van der Waals surface area contributed by atoms with Crippen LogP contribution in [0.1, 0.15) is 5.56 Å². The highest BCUT2D eigenvalue weighted by molar-refractivity contribution is 7.92. The largest absolute Gasteiger partial charge is 0.401 e. The van der Waals surface area contributed by atoms with E-state index in [4.69, 9.17) is 4.74 Å². The Morgan fingerprint density at radius 2 is 1.82 bits per heavy atom. The molecule has 0 heterocycles. The topological polar surface area (TPSA) is 58.6 Å². The number of rotatable bonds is 8. The van der Waals surface area contributed by atoms with Crippen LogP contribution < -0.4 is 4.72 Å². The number of benzene rings is 1. The molecule has 0 saturated carbocycles. The molecular weight excluding hydrogens is 321 g/mol. The molecule has 0 radical (unpaired) electrons. The fraction of sp³-hybridized carbons (Fsp3) is 0.538. The molecule has 0 atom stereocenters. The minimum Gasteiger partial charge on any atom is -0.383 e. The molecule has 0 saturated heterocycles. The van der Waals surface area contributed by atoms with Gasteiger partial charge in [-0.25, -0.2) is 8.42 Å². The van der Waals surface area contributed by atoms with E-state index in [0.717, 1.165) is 6.26 Å². The Hall–Kier alpha value is -1.32. The van der Waals surface area contributed by atoms with Crippen LogP contribution in [-0.4, -0.2) is 52.6 Å². The summed E-state index contributed by atoms with van der Waals surface area (Å²) in [6.45, 7) is -0.578. The van der Waals surface area contributed by atoms with Gasteiger partial charge in [-0.15, -0.1) is 0 Å². The molecule has 1 N–H and O–H groups in total. The third-order valence-corrected chi connectivity index (χ3v) is 3.28. The third-order valence-electron chi connectivity index (χ3n) is 2.68. The zero-order valence-electron chi connectivity index (χ0n) is 12.4. The van der Waals surface area contributed by atoms with E-state index in [1.54, 1.807) is 12.1 Å². The SMILES string of the molecule is COCCN(Cc1ccc(NS(C)(=O)=O)cc1)CC(F)(F)F. The fourth-order valence-electron chi connectivity index (χ4n) is 1.84. The average molecular weight is 340 g/mol. The van der Waals surface area contributed by atoms with Crippen LogP contribution in [0.4, 0.5) is 18.9 Å². The molecular formula is C13H19F3N2O3S. The van der Waals surface area contributed by atoms with Crippen LogP contribution in [0.3, 0.4) is 0 Å². The summed E-state index contributed by atoms with van der Waals surface area (Å²) in [5.74, 6) is 0. The van der Waals surface area contributed by atoms with Gasteiger partial charge < -0.3 is 4.74 Å². The number of nitrogens with one attached hydrogen (secondary N) is 1. The Labute approximate surface area is 128 Å². The van der Waals surface area contributed by atoms with E-state index in [2.05, 4.69) is 4.72 Å². The quantitative estimate of drug-likeness (QED) is 0.787. The summed E-state index contributed by atoms with van der Waals surface area (Å²) in [4.78, 5) is 1.22. The van der Waals surface area contributed by atoms with Gasteiger partial charge in [-0.05, 0) is 17.7 Å². The standard InChI is InChI=1S/C13H19F3N2O3S/c1-21-8-7-18(10-13(14,15)16)9-11-3-5-12(6-4-11)17-22(2,19)20/h3-6,17H,7-10H2,1-2H3. The molecule has 1 rings (SSSR count). The molecule has 0 aliphatic carbocycles. The molecule has 1 aromatic rings. The van der Waals surface area contributed by atoms with E-state index >= 15 is 0 Å². The van der Waals surface area contributed by atoms with Crippen LogP contribution in [0, 0.1) is 0 Å². The van der Waals surface area contributed by atoms with Crippen molar-refractivity contribution in [1.29, 1.82) is 0 Å². The highest BCUT2D eigenvalue weighted by atomic mass is 32.2. The van der Waals surface area contributed by atoms with Gasteiger partial charge in [-0.2, -0.15) is 13.2 Å². The first kappa shape index (κ1) is 18.7. The lowest BCUT2D eigenvalue weighted by Crippen LogP contribution is -2.36. The van der Waals surface area contributed by atoms with Crippen molar-refractivity contribution in [3.8, 4) is 0 Å². The molecule has 0 unspecified atom stereocenters. The van der Waals surface area contributed by atoms with E-state index in [1.807, 2.05) is 0 Å². The smallest absolute Gasteiger partial charge is 0.383 e. The van der Waals surface area contributed by atoms with Crippen molar-refractivity contribution >= 4 is 15.7 Å². The number of nitrogens with zero attached hydrogens (tertiary/aromatic N) is 1. The monoisotopic (exact) mass is 340 g/mol. The lowest BCUT2D eigenvalue weighted by molar-refractivity contribution is -0.148. The first-order valence-corrected chi connectivity index (χ1v) is 8.33. The second-order valence-electron chi connectivity index (χ2n) is 4.89. The number of halogens is 3. The van der Waals surface area contributed by atoms with E-state index in [0.29, 0.717) is 11.3 Å². The molecule has 126 valence electrons. The van der Waals surface area contributed by atoms with Gasteiger partial charge in [-0.1, -0.05) is 12.1 Å². The molecule has 0 aromatic heterocycles. The van der Waals surface area contributed by atoms with Crippen molar-refractivity contribution in [3.63, 3.8) is 0 Å². The molecule has 1 aromatic carbocycles. The highest BCUT2D eigenvalue weighted by Gasteiger charge is 2.30. The van der Waals surface area contributed by atoms with Crippen molar-refractivity contribution in [2.75, 3.05) is 37.8 Å². The fourth-order valence-corrected chi connectivity index (χ4v) is 2.40. The van der Waals surface area contributed by atoms with Crippen molar-refractivity contribution in [2.24, 2.45) is 0 Å². The van der Waals surface area contributed by atoms with E-state index in [1.165, 1.54) is 24.1 Å². The third kappa shape index (κ3) is 8.20. The lowest BCUT2D eigenvalue weighted by atomic mass is 10.2. The number of sulfonamides is 1. The van der Waals surface area contributed by atoms with Crippen LogP contribution in [0.5, 0.6) is 0 Å². The number of hydrogen-bond acceptors (Lipinski definition) is 4. The van der Waals surface area contributed by atoms with Crippen molar-refractivity contribution in [2.45, 2.75) is 12.7 Å². The predicted octanol–water partition coefficient (Wildman–Crippen LogP) is 2.07. The van der Waals surface area contributed by atoms with E-state index < -0.39 is 22.7 Å². The average Bonchev–Trinajstić information content (AvgIpc) is 2.35. The van der Waals surface area contributed by atoms with Crippen molar-refractivity contribution in [1.82, 2.24) is 4.90 Å². The van der Waals surface area contributed by atoms with Gasteiger partial charge in [0.2, 0.25) is 10.0 Å². The Balaban J connectivity index is 2.72. The summed E-state index contributed by atoms with van der Waals surface area (Å²) < 4.78 is 66.8. The molecule has 0 spiro atoms. The Morgan fingerprint density at radius 1 is 1.23 bits per heavy atom. The normalized spacial score (nSPS) is 12.6. The van der Waals surface area contributed by atoms with Gasteiger partial charge in [0, 0.05) is 25.9 Å². The van der Waals surface area contributed by atoms with Crippen LogP contribution in [-0.2, 0) is 21.3 Å².